The van der Waals surface area contributed by atoms with E-state index in [-0.39, 0.29) is 33.6 Å². The largest absolute Gasteiger partial charge is 0.489 e. The number of pyridine rings is 2. The fraction of sp³-hybridized carbons (Fsp3) is 0.423. The molecule has 178 valence electrons. The van der Waals surface area contributed by atoms with Crippen molar-refractivity contribution < 1.29 is 13.9 Å². The Morgan fingerprint density at radius 2 is 2.12 bits per heavy atom. The lowest BCUT2D eigenvalue weighted by Gasteiger charge is -2.45. The van der Waals surface area contributed by atoms with Crippen LogP contribution in [0.5, 0.6) is 5.75 Å². The number of Topliss-reactive ketones (excluding diaryl/α,β-unsaturated/α-hetero) is 1. The van der Waals surface area contributed by atoms with Gasteiger partial charge in [0.1, 0.15) is 5.69 Å². The van der Waals surface area contributed by atoms with Crippen LogP contribution in [0.1, 0.15) is 60.8 Å². The van der Waals surface area contributed by atoms with Crippen LogP contribution >= 0.6 is 0 Å². The van der Waals surface area contributed by atoms with Gasteiger partial charge in [-0.05, 0) is 58.1 Å². The summed E-state index contributed by atoms with van der Waals surface area (Å²) in [6, 6.07) is 5.76. The van der Waals surface area contributed by atoms with Gasteiger partial charge in [0.2, 0.25) is 5.43 Å². The molecule has 3 heterocycles. The van der Waals surface area contributed by atoms with Crippen LogP contribution in [0.3, 0.4) is 0 Å². The highest BCUT2D eigenvalue weighted by molar-refractivity contribution is 6.05. The number of nitrogens with two attached hydrogens (primary N) is 1. The highest BCUT2D eigenvalue weighted by atomic mass is 19.1. The molecule has 1 fully saturated rings. The van der Waals surface area contributed by atoms with E-state index in [0.717, 1.165) is 44.2 Å². The Morgan fingerprint density at radius 1 is 1.32 bits per heavy atom. The number of fused-ring (bicyclic) bond motifs is 1. The zero-order valence-electron chi connectivity index (χ0n) is 19.5. The molecule has 1 saturated carbocycles. The molecule has 0 amide bonds. The van der Waals surface area contributed by atoms with Crippen molar-refractivity contribution in [1.29, 1.82) is 0 Å². The molecule has 0 bridgehead atoms. The van der Waals surface area contributed by atoms with Crippen molar-refractivity contribution >= 4 is 28.1 Å². The molecule has 0 saturated heterocycles. The maximum atomic E-state index is 15.6. The number of hydrogen-bond acceptors (Lipinski definition) is 6. The van der Waals surface area contributed by atoms with Crippen LogP contribution in [0, 0.1) is 12.7 Å². The van der Waals surface area contributed by atoms with E-state index in [1.807, 2.05) is 18.2 Å². The molecule has 7 nitrogen and oxygen atoms in total. The number of nitrogen functional groups attached to an aromatic ring is 1. The van der Waals surface area contributed by atoms with E-state index in [9.17, 15) is 9.59 Å². The average Bonchev–Trinajstić information content (AvgIpc) is 2.96. The standard InChI is InChI=1S/C26H29FN4O3/c1-15-18(16(2)32)24(33)19-21(28)20(27)22(30-13-5-8-17-7-3-4-12-29-17)25-23(19)31(15)26(9-6-10-26)11-14-34-25/h3-4,7,12,30H,5-6,8-11,13-14,28H2,1-2H3. The Hall–Kier alpha value is -3.42. The summed E-state index contributed by atoms with van der Waals surface area (Å²) in [6.45, 7) is 4.04. The number of rotatable bonds is 6. The highest BCUT2D eigenvalue weighted by Gasteiger charge is 2.44. The molecule has 1 aromatic carbocycles. The number of hydrogen-bond donors (Lipinski definition) is 2. The molecule has 3 aromatic rings. The molecule has 3 N–H and O–H groups in total. The van der Waals surface area contributed by atoms with Crippen molar-refractivity contribution in [1.82, 2.24) is 9.55 Å². The van der Waals surface area contributed by atoms with Crippen molar-refractivity contribution in [3.05, 3.63) is 57.4 Å². The number of aryl methyl sites for hydroxylation is 1. The number of carbonyl (C=O) groups excluding carboxylic acids is 1. The van der Waals surface area contributed by atoms with Gasteiger partial charge in [-0.15, -0.1) is 0 Å². The molecule has 5 rings (SSSR count). The van der Waals surface area contributed by atoms with Gasteiger partial charge in [0, 0.05) is 36.1 Å². The molecule has 1 aliphatic carbocycles. The quantitative estimate of drug-likeness (QED) is 0.320. The van der Waals surface area contributed by atoms with Crippen molar-refractivity contribution in [3.63, 3.8) is 0 Å². The smallest absolute Gasteiger partial charge is 0.202 e. The van der Waals surface area contributed by atoms with Crippen molar-refractivity contribution in [3.8, 4) is 5.75 Å². The summed E-state index contributed by atoms with van der Waals surface area (Å²) < 4.78 is 23.8. The average molecular weight is 465 g/mol. The second kappa shape index (κ2) is 8.42. The summed E-state index contributed by atoms with van der Waals surface area (Å²) in [7, 11) is 0. The van der Waals surface area contributed by atoms with Crippen LogP contribution in [0.4, 0.5) is 15.8 Å². The van der Waals surface area contributed by atoms with Crippen LogP contribution < -0.4 is 21.2 Å². The predicted octanol–water partition coefficient (Wildman–Crippen LogP) is 4.34. The van der Waals surface area contributed by atoms with Crippen LogP contribution in [-0.4, -0.2) is 28.5 Å². The third kappa shape index (κ3) is 3.35. The van der Waals surface area contributed by atoms with Gasteiger partial charge < -0.3 is 20.4 Å². The number of ether oxygens (including phenoxy) is 1. The first-order valence-electron chi connectivity index (χ1n) is 11.8. The fourth-order valence-electron chi connectivity index (χ4n) is 5.56. The molecular weight excluding hydrogens is 435 g/mol. The third-order valence-electron chi connectivity index (χ3n) is 7.34. The molecule has 2 aromatic heterocycles. The minimum absolute atomic E-state index is 0.0375. The van der Waals surface area contributed by atoms with E-state index in [4.69, 9.17) is 10.5 Å². The maximum absolute atomic E-state index is 15.6. The first kappa shape index (κ1) is 22.4. The number of nitrogens with zero attached hydrogens (tertiary/aromatic N) is 2. The second-order valence-electron chi connectivity index (χ2n) is 9.36. The van der Waals surface area contributed by atoms with E-state index in [1.165, 1.54) is 6.92 Å². The van der Waals surface area contributed by atoms with Gasteiger partial charge in [-0.2, -0.15) is 0 Å². The van der Waals surface area contributed by atoms with Gasteiger partial charge in [0.25, 0.3) is 0 Å². The summed E-state index contributed by atoms with van der Waals surface area (Å²) in [5.74, 6) is -0.753. The molecule has 0 unspecified atom stereocenters. The Kier molecular flexibility index (Phi) is 5.54. The Morgan fingerprint density at radius 3 is 2.76 bits per heavy atom. The summed E-state index contributed by atoms with van der Waals surface area (Å²) >= 11 is 0. The predicted molar refractivity (Wildman–Crippen MR) is 130 cm³/mol. The Bertz CT molecular complexity index is 1350. The Labute approximate surface area is 197 Å². The summed E-state index contributed by atoms with van der Waals surface area (Å²) in [6.07, 6.45) is 6.81. The monoisotopic (exact) mass is 464 g/mol. The fourth-order valence-corrected chi connectivity index (χ4v) is 5.56. The number of ketones is 1. The third-order valence-corrected chi connectivity index (χ3v) is 7.34. The van der Waals surface area contributed by atoms with Gasteiger partial charge in [-0.25, -0.2) is 4.39 Å². The molecule has 2 aliphatic rings. The normalized spacial score (nSPS) is 16.1. The highest BCUT2D eigenvalue weighted by Crippen LogP contribution is 2.50. The van der Waals surface area contributed by atoms with Gasteiger partial charge >= 0.3 is 0 Å². The Balaban J connectivity index is 1.65. The lowest BCUT2D eigenvalue weighted by atomic mass is 9.73. The van der Waals surface area contributed by atoms with Crippen LogP contribution in [-0.2, 0) is 12.0 Å². The van der Waals surface area contributed by atoms with E-state index in [1.54, 1.807) is 13.1 Å². The van der Waals surface area contributed by atoms with E-state index in [0.29, 0.717) is 30.1 Å². The molecule has 1 spiro atoms. The van der Waals surface area contributed by atoms with E-state index < -0.39 is 11.2 Å². The first-order chi connectivity index (χ1) is 16.4. The SMILES string of the molecule is CC(=O)c1c(C)n2c3c(c(NCCCc4ccccn4)c(F)c(N)c3c1=O)OCCC21CCC1. The van der Waals surface area contributed by atoms with Gasteiger partial charge in [0.15, 0.2) is 17.3 Å². The summed E-state index contributed by atoms with van der Waals surface area (Å²) in [5.41, 5.74) is 7.52. The van der Waals surface area contributed by atoms with E-state index in [2.05, 4.69) is 14.9 Å². The number of benzene rings is 1. The topological polar surface area (TPSA) is 99.2 Å². The van der Waals surface area contributed by atoms with Crippen molar-refractivity contribution in [2.75, 3.05) is 24.2 Å². The van der Waals surface area contributed by atoms with Crippen LogP contribution in [0.25, 0.3) is 10.9 Å². The molecule has 0 atom stereocenters. The molecular formula is C26H29FN4O3. The summed E-state index contributed by atoms with van der Waals surface area (Å²) in [4.78, 5) is 30.2. The van der Waals surface area contributed by atoms with E-state index >= 15 is 4.39 Å². The van der Waals surface area contributed by atoms with Crippen molar-refractivity contribution in [2.45, 2.75) is 57.9 Å². The number of anilines is 2. The molecule has 0 radical (unpaired) electrons. The van der Waals surface area contributed by atoms with Crippen LogP contribution in [0.2, 0.25) is 0 Å². The van der Waals surface area contributed by atoms with Crippen LogP contribution in [0.15, 0.2) is 29.2 Å². The number of halogens is 1. The molecule has 1 aliphatic heterocycles. The zero-order valence-corrected chi connectivity index (χ0v) is 19.5. The second-order valence-corrected chi connectivity index (χ2v) is 9.36. The minimum atomic E-state index is -0.716. The number of aromatic nitrogens is 2. The van der Waals surface area contributed by atoms with Gasteiger partial charge in [0.05, 0.1) is 28.8 Å². The lowest BCUT2D eigenvalue weighted by Crippen LogP contribution is -2.43. The maximum Gasteiger partial charge on any atom is 0.202 e. The molecule has 34 heavy (non-hydrogen) atoms. The zero-order chi connectivity index (χ0) is 24.0. The minimum Gasteiger partial charge on any atom is -0.489 e. The first-order valence-corrected chi connectivity index (χ1v) is 11.8. The van der Waals surface area contributed by atoms with Gasteiger partial charge in [-0.3, -0.25) is 14.6 Å². The number of carbonyl (C=O) groups is 1. The molecule has 8 heteroatoms. The van der Waals surface area contributed by atoms with Crippen molar-refractivity contribution in [2.24, 2.45) is 0 Å². The lowest BCUT2D eigenvalue weighted by molar-refractivity contribution is 0.100. The van der Waals surface area contributed by atoms with Gasteiger partial charge in [-0.1, -0.05) is 6.07 Å². The summed E-state index contributed by atoms with van der Waals surface area (Å²) in [5, 5.41) is 3.21. The number of nitrogens with one attached hydrogen (secondary N) is 1.